The van der Waals surface area contributed by atoms with Crippen molar-refractivity contribution in [2.75, 3.05) is 25.0 Å². The van der Waals surface area contributed by atoms with Gasteiger partial charge in [0, 0.05) is 20.0 Å². The summed E-state index contributed by atoms with van der Waals surface area (Å²) in [6, 6.07) is 30.7. The number of anilines is 1. The summed E-state index contributed by atoms with van der Waals surface area (Å²) >= 11 is 0. The zero-order valence-corrected chi connectivity index (χ0v) is 24.8. The van der Waals surface area contributed by atoms with Gasteiger partial charge in [0.2, 0.25) is 11.8 Å². The lowest BCUT2D eigenvalue weighted by Crippen LogP contribution is -2.53. The molecule has 4 rings (SSSR count). The quantitative estimate of drug-likeness (QED) is 0.263. The van der Waals surface area contributed by atoms with E-state index in [4.69, 9.17) is 4.74 Å². The summed E-state index contributed by atoms with van der Waals surface area (Å²) < 4.78 is 34.4. The molecule has 2 amide bonds. The molecule has 9 heteroatoms. The van der Waals surface area contributed by atoms with Crippen LogP contribution in [0.15, 0.2) is 114 Å². The van der Waals surface area contributed by atoms with Crippen molar-refractivity contribution in [2.24, 2.45) is 0 Å². The molecule has 0 bridgehead atoms. The molecule has 1 N–H and O–H groups in total. The lowest BCUT2D eigenvalue weighted by Gasteiger charge is -2.33. The predicted octanol–water partition coefficient (Wildman–Crippen LogP) is 4.59. The monoisotopic (exact) mass is 585 g/mol. The summed E-state index contributed by atoms with van der Waals surface area (Å²) in [6.07, 6.45) is 0.242. The highest BCUT2D eigenvalue weighted by Crippen LogP contribution is 2.26. The average Bonchev–Trinajstić information content (AvgIpc) is 3.02. The number of aryl methyl sites for hydroxylation is 1. The number of methoxy groups -OCH3 is 1. The maximum atomic E-state index is 14.3. The molecule has 0 radical (unpaired) electrons. The Balaban J connectivity index is 1.79. The SMILES string of the molecule is CNC(=O)[C@@H](Cc1ccccc1)N(Cc1cccc(OC)c1)C(=O)CN(c1cccc(C)c1)S(=O)(=O)c1ccccc1. The van der Waals surface area contributed by atoms with E-state index in [1.165, 1.54) is 24.1 Å². The Hall–Kier alpha value is -4.63. The van der Waals surface area contributed by atoms with Gasteiger partial charge in [-0.1, -0.05) is 72.8 Å². The number of nitrogens with zero attached hydrogens (tertiary/aromatic N) is 2. The fraction of sp³-hybridized carbons (Fsp3) is 0.212. The summed E-state index contributed by atoms with van der Waals surface area (Å²) in [4.78, 5) is 29.2. The Morgan fingerprint density at radius 1 is 0.833 bits per heavy atom. The number of benzene rings is 4. The highest BCUT2D eigenvalue weighted by molar-refractivity contribution is 7.92. The maximum absolute atomic E-state index is 14.3. The molecular weight excluding hydrogens is 550 g/mol. The zero-order chi connectivity index (χ0) is 30.1. The molecule has 0 aliphatic rings. The highest BCUT2D eigenvalue weighted by atomic mass is 32.2. The second-order valence-electron chi connectivity index (χ2n) is 9.86. The van der Waals surface area contributed by atoms with E-state index in [9.17, 15) is 18.0 Å². The Morgan fingerprint density at radius 3 is 2.12 bits per heavy atom. The van der Waals surface area contributed by atoms with Gasteiger partial charge in [-0.15, -0.1) is 0 Å². The van der Waals surface area contributed by atoms with Gasteiger partial charge in [0.15, 0.2) is 0 Å². The van der Waals surface area contributed by atoms with Crippen molar-refractivity contribution in [3.63, 3.8) is 0 Å². The topological polar surface area (TPSA) is 96.0 Å². The molecule has 0 fully saturated rings. The van der Waals surface area contributed by atoms with Crippen molar-refractivity contribution in [1.82, 2.24) is 10.2 Å². The molecule has 0 saturated heterocycles. The van der Waals surface area contributed by atoms with Gasteiger partial charge in [-0.05, 0) is 60.0 Å². The molecule has 4 aromatic carbocycles. The molecule has 218 valence electrons. The molecule has 0 heterocycles. The van der Waals surface area contributed by atoms with E-state index in [2.05, 4.69) is 5.32 Å². The smallest absolute Gasteiger partial charge is 0.264 e. The van der Waals surface area contributed by atoms with Crippen LogP contribution in [0.3, 0.4) is 0 Å². The molecule has 0 saturated carbocycles. The summed E-state index contributed by atoms with van der Waals surface area (Å²) in [5, 5.41) is 2.69. The van der Waals surface area contributed by atoms with Crippen LogP contribution in [-0.4, -0.2) is 51.9 Å². The van der Waals surface area contributed by atoms with Gasteiger partial charge in [-0.25, -0.2) is 8.42 Å². The average molecular weight is 586 g/mol. The second-order valence-corrected chi connectivity index (χ2v) is 11.7. The molecule has 42 heavy (non-hydrogen) atoms. The van der Waals surface area contributed by atoms with E-state index in [0.717, 1.165) is 21.0 Å². The molecule has 0 unspecified atom stereocenters. The minimum absolute atomic E-state index is 0.0609. The van der Waals surface area contributed by atoms with Crippen molar-refractivity contribution in [3.8, 4) is 5.75 Å². The number of ether oxygens (including phenoxy) is 1. The number of amides is 2. The van der Waals surface area contributed by atoms with Gasteiger partial charge in [0.05, 0.1) is 17.7 Å². The fourth-order valence-corrected chi connectivity index (χ4v) is 6.15. The van der Waals surface area contributed by atoms with E-state index in [1.807, 2.05) is 55.5 Å². The van der Waals surface area contributed by atoms with Crippen molar-refractivity contribution >= 4 is 27.5 Å². The Morgan fingerprint density at radius 2 is 1.48 bits per heavy atom. The number of carbonyl (C=O) groups is 2. The fourth-order valence-electron chi connectivity index (χ4n) is 4.72. The maximum Gasteiger partial charge on any atom is 0.264 e. The van der Waals surface area contributed by atoms with Gasteiger partial charge in [-0.3, -0.25) is 13.9 Å². The standard InChI is InChI=1S/C33H35N3O5S/c1-25-12-10-16-28(20-25)36(42(39,40)30-18-8-5-9-19-30)24-32(37)35(23-27-15-11-17-29(21-27)41-3)31(33(38)34-2)22-26-13-6-4-7-14-26/h4-21,31H,22-24H2,1-3H3,(H,34,38)/t31-/m1/s1. The van der Waals surface area contributed by atoms with E-state index in [0.29, 0.717) is 11.4 Å². The van der Waals surface area contributed by atoms with E-state index in [1.54, 1.807) is 55.6 Å². The Kier molecular flexibility index (Phi) is 9.98. The van der Waals surface area contributed by atoms with Gasteiger partial charge in [-0.2, -0.15) is 0 Å². The van der Waals surface area contributed by atoms with Gasteiger partial charge in [0.25, 0.3) is 10.0 Å². The van der Waals surface area contributed by atoms with E-state index >= 15 is 0 Å². The first-order chi connectivity index (χ1) is 20.2. The molecule has 8 nitrogen and oxygen atoms in total. The van der Waals surface area contributed by atoms with E-state index in [-0.39, 0.29) is 23.8 Å². The van der Waals surface area contributed by atoms with Crippen LogP contribution in [0.4, 0.5) is 5.69 Å². The number of hydrogen-bond acceptors (Lipinski definition) is 5. The largest absolute Gasteiger partial charge is 0.497 e. The van der Waals surface area contributed by atoms with Crippen molar-refractivity contribution in [3.05, 3.63) is 126 Å². The minimum atomic E-state index is -4.13. The molecule has 1 atom stereocenters. The first kappa shape index (κ1) is 30.3. The van der Waals surface area contributed by atoms with Crippen LogP contribution in [0.25, 0.3) is 0 Å². The van der Waals surface area contributed by atoms with Crippen molar-refractivity contribution in [2.45, 2.75) is 30.8 Å². The van der Waals surface area contributed by atoms with Crippen molar-refractivity contribution in [1.29, 1.82) is 0 Å². The zero-order valence-electron chi connectivity index (χ0n) is 23.9. The van der Waals surface area contributed by atoms with Gasteiger partial charge in [0.1, 0.15) is 18.3 Å². The third-order valence-electron chi connectivity index (χ3n) is 6.90. The van der Waals surface area contributed by atoms with Crippen LogP contribution < -0.4 is 14.4 Å². The second kappa shape index (κ2) is 13.8. The summed E-state index contributed by atoms with van der Waals surface area (Å²) in [7, 11) is -1.05. The van der Waals surface area contributed by atoms with Gasteiger partial charge < -0.3 is 15.0 Å². The third-order valence-corrected chi connectivity index (χ3v) is 8.69. The lowest BCUT2D eigenvalue weighted by atomic mass is 10.0. The molecule has 0 aromatic heterocycles. The van der Waals surface area contributed by atoms with Crippen LogP contribution in [0.5, 0.6) is 5.75 Å². The molecular formula is C33H35N3O5S. The molecule has 0 aliphatic carbocycles. The summed E-state index contributed by atoms with van der Waals surface area (Å²) in [6.45, 7) is 1.41. The van der Waals surface area contributed by atoms with Crippen LogP contribution in [-0.2, 0) is 32.6 Å². The number of hydrogen-bond donors (Lipinski definition) is 1. The normalized spacial score (nSPS) is 11.8. The molecule has 0 spiro atoms. The third kappa shape index (κ3) is 7.36. The predicted molar refractivity (Wildman–Crippen MR) is 164 cm³/mol. The Bertz CT molecular complexity index is 1610. The van der Waals surface area contributed by atoms with Crippen molar-refractivity contribution < 1.29 is 22.7 Å². The summed E-state index contributed by atoms with van der Waals surface area (Å²) in [5.41, 5.74) is 2.79. The lowest BCUT2D eigenvalue weighted by molar-refractivity contribution is -0.139. The first-order valence-corrected chi connectivity index (χ1v) is 15.0. The molecule has 0 aliphatic heterocycles. The van der Waals surface area contributed by atoms with Crippen LogP contribution >= 0.6 is 0 Å². The van der Waals surface area contributed by atoms with Crippen LogP contribution in [0, 0.1) is 6.92 Å². The van der Waals surface area contributed by atoms with Crippen LogP contribution in [0.2, 0.25) is 0 Å². The van der Waals surface area contributed by atoms with Gasteiger partial charge >= 0.3 is 0 Å². The molecule has 4 aromatic rings. The highest BCUT2D eigenvalue weighted by Gasteiger charge is 2.34. The number of sulfonamides is 1. The minimum Gasteiger partial charge on any atom is -0.497 e. The summed E-state index contributed by atoms with van der Waals surface area (Å²) in [5.74, 6) is -0.279. The first-order valence-electron chi connectivity index (χ1n) is 13.6. The Labute approximate surface area is 247 Å². The van der Waals surface area contributed by atoms with Crippen LogP contribution in [0.1, 0.15) is 16.7 Å². The number of nitrogens with one attached hydrogen (secondary N) is 1. The van der Waals surface area contributed by atoms with E-state index < -0.39 is 28.5 Å². The number of rotatable bonds is 12. The number of carbonyl (C=O) groups excluding carboxylic acids is 2. The number of likely N-dealkylation sites (N-methyl/N-ethyl adjacent to an activating group) is 1.